The van der Waals surface area contributed by atoms with Crippen molar-refractivity contribution in [1.29, 1.82) is 0 Å². The summed E-state index contributed by atoms with van der Waals surface area (Å²) in [6.45, 7) is 0. The summed E-state index contributed by atoms with van der Waals surface area (Å²) in [6, 6.07) is 11.1. The molecule has 0 saturated heterocycles. The molecule has 0 unspecified atom stereocenters. The SMILES string of the molecule is c1ccc2[s+]c3c(cc2c1)CCCC3. The third kappa shape index (κ3) is 1.32. The summed E-state index contributed by atoms with van der Waals surface area (Å²) < 4.78 is 1.44. The predicted octanol–water partition coefficient (Wildman–Crippen LogP) is 4.06. The van der Waals surface area contributed by atoms with Crippen molar-refractivity contribution in [2.24, 2.45) is 0 Å². The van der Waals surface area contributed by atoms with Gasteiger partial charge in [-0.2, -0.15) is 0 Å². The van der Waals surface area contributed by atoms with Crippen LogP contribution in [0.2, 0.25) is 0 Å². The molecule has 1 aromatic heterocycles. The van der Waals surface area contributed by atoms with E-state index in [1.54, 1.807) is 10.4 Å². The van der Waals surface area contributed by atoms with Crippen molar-refractivity contribution in [2.75, 3.05) is 0 Å². The van der Waals surface area contributed by atoms with Gasteiger partial charge in [0.15, 0.2) is 0 Å². The van der Waals surface area contributed by atoms with E-state index in [0.29, 0.717) is 0 Å². The largest absolute Gasteiger partial charge is 0.238 e. The number of benzene rings is 1. The maximum absolute atomic E-state index is 2.39. The fraction of sp³-hybridized carbons (Fsp3) is 0.308. The lowest BCUT2D eigenvalue weighted by atomic mass is 9.98. The van der Waals surface area contributed by atoms with Crippen LogP contribution in [-0.4, -0.2) is 0 Å². The normalized spacial score (nSPS) is 15.4. The molecule has 0 N–H and O–H groups in total. The summed E-state index contributed by atoms with van der Waals surface area (Å²) in [5, 5.41) is 1.41. The van der Waals surface area contributed by atoms with Gasteiger partial charge in [-0.1, -0.05) is 12.1 Å². The van der Waals surface area contributed by atoms with E-state index < -0.39 is 0 Å². The molecule has 1 heteroatoms. The fourth-order valence-electron chi connectivity index (χ4n) is 2.18. The van der Waals surface area contributed by atoms with Crippen LogP contribution < -0.4 is 0 Å². The molecule has 0 spiro atoms. The molecule has 1 aliphatic rings. The first-order valence-electron chi connectivity index (χ1n) is 5.27. The zero-order valence-electron chi connectivity index (χ0n) is 8.12. The number of hydrogen-bond donors (Lipinski definition) is 0. The average molecular weight is 201 g/mol. The highest BCUT2D eigenvalue weighted by atomic mass is 32.1. The van der Waals surface area contributed by atoms with Gasteiger partial charge in [0.25, 0.3) is 0 Å². The first kappa shape index (κ1) is 8.37. The lowest BCUT2D eigenvalue weighted by Crippen LogP contribution is -2.00. The van der Waals surface area contributed by atoms with Crippen LogP contribution in [0.3, 0.4) is 0 Å². The molecule has 1 heterocycles. The Morgan fingerprint density at radius 1 is 1.00 bits per heavy atom. The second-order valence-electron chi connectivity index (χ2n) is 3.94. The quantitative estimate of drug-likeness (QED) is 0.564. The first-order chi connectivity index (χ1) is 6.93. The summed E-state index contributed by atoms with van der Waals surface area (Å²) in [5.41, 5.74) is 1.60. The number of fused-ring (bicyclic) bond motifs is 2. The zero-order valence-corrected chi connectivity index (χ0v) is 8.94. The van der Waals surface area contributed by atoms with Crippen molar-refractivity contribution in [1.82, 2.24) is 0 Å². The molecule has 70 valence electrons. The number of aryl methyl sites for hydroxylation is 2. The van der Waals surface area contributed by atoms with Gasteiger partial charge in [0.05, 0.1) is 0 Å². The average Bonchev–Trinajstić information content (AvgIpc) is 2.26. The van der Waals surface area contributed by atoms with E-state index in [4.69, 9.17) is 0 Å². The molecule has 0 radical (unpaired) electrons. The molecular weight excluding hydrogens is 188 g/mol. The minimum absolute atomic E-state index is 1.29. The Bertz CT molecular complexity index is 429. The molecule has 3 rings (SSSR count). The molecule has 0 amide bonds. The van der Waals surface area contributed by atoms with E-state index in [1.807, 2.05) is 11.3 Å². The number of rotatable bonds is 0. The molecule has 0 bridgehead atoms. The molecule has 2 aromatic rings. The van der Waals surface area contributed by atoms with Crippen LogP contribution in [0.1, 0.15) is 23.3 Å². The van der Waals surface area contributed by atoms with Crippen LogP contribution >= 0.6 is 11.3 Å². The molecule has 0 atom stereocenters. The van der Waals surface area contributed by atoms with Gasteiger partial charge in [-0.05, 0) is 31.4 Å². The Kier molecular flexibility index (Phi) is 1.98. The van der Waals surface area contributed by atoms with E-state index in [-0.39, 0.29) is 0 Å². The monoisotopic (exact) mass is 201 g/mol. The molecule has 1 aliphatic carbocycles. The Morgan fingerprint density at radius 3 is 2.86 bits per heavy atom. The summed E-state index contributed by atoms with van der Waals surface area (Å²) >= 11 is 1.99. The van der Waals surface area contributed by atoms with Crippen molar-refractivity contribution in [3.8, 4) is 0 Å². The summed E-state index contributed by atoms with van der Waals surface area (Å²) in [6.07, 6.45) is 5.33. The summed E-state index contributed by atoms with van der Waals surface area (Å²) in [7, 11) is 0. The highest BCUT2D eigenvalue weighted by molar-refractivity contribution is 7.18. The van der Waals surface area contributed by atoms with Gasteiger partial charge in [0.1, 0.15) is 0 Å². The van der Waals surface area contributed by atoms with Crippen LogP contribution in [0, 0.1) is 0 Å². The van der Waals surface area contributed by atoms with Crippen molar-refractivity contribution in [3.63, 3.8) is 0 Å². The third-order valence-corrected chi connectivity index (χ3v) is 4.24. The maximum atomic E-state index is 2.39. The summed E-state index contributed by atoms with van der Waals surface area (Å²) in [4.78, 5) is 1.62. The van der Waals surface area contributed by atoms with Crippen molar-refractivity contribution in [2.45, 2.75) is 25.7 Å². The van der Waals surface area contributed by atoms with Crippen LogP contribution in [-0.2, 0) is 12.8 Å². The predicted molar refractivity (Wildman–Crippen MR) is 62.9 cm³/mol. The van der Waals surface area contributed by atoms with Crippen LogP contribution in [0.4, 0.5) is 0 Å². The van der Waals surface area contributed by atoms with Crippen LogP contribution in [0.25, 0.3) is 10.1 Å². The van der Waals surface area contributed by atoms with Crippen molar-refractivity contribution in [3.05, 3.63) is 40.8 Å². The first-order valence-corrected chi connectivity index (χ1v) is 6.09. The second kappa shape index (κ2) is 3.32. The van der Waals surface area contributed by atoms with Gasteiger partial charge in [0, 0.05) is 23.4 Å². The summed E-state index contributed by atoms with van der Waals surface area (Å²) in [5.74, 6) is 0. The van der Waals surface area contributed by atoms with Crippen molar-refractivity contribution >= 4 is 21.4 Å². The Balaban J connectivity index is 2.27. The topological polar surface area (TPSA) is 0 Å². The van der Waals surface area contributed by atoms with E-state index in [0.717, 1.165) is 0 Å². The molecule has 0 fully saturated rings. The molecule has 0 nitrogen and oxygen atoms in total. The second-order valence-corrected chi connectivity index (χ2v) is 5.08. The molecular formula is C13H13S+. The minimum atomic E-state index is 1.29. The number of hydrogen-bond acceptors (Lipinski definition) is 0. The highest BCUT2D eigenvalue weighted by Crippen LogP contribution is 2.30. The van der Waals surface area contributed by atoms with E-state index >= 15 is 0 Å². The van der Waals surface area contributed by atoms with Gasteiger partial charge < -0.3 is 0 Å². The zero-order chi connectivity index (χ0) is 9.38. The Morgan fingerprint density at radius 2 is 1.86 bits per heavy atom. The van der Waals surface area contributed by atoms with Gasteiger partial charge in [0.2, 0.25) is 20.9 Å². The molecule has 0 aliphatic heterocycles. The Labute approximate surface area is 88.2 Å². The van der Waals surface area contributed by atoms with Gasteiger partial charge >= 0.3 is 0 Å². The lowest BCUT2D eigenvalue weighted by Gasteiger charge is -2.08. The van der Waals surface area contributed by atoms with Crippen LogP contribution in [0.5, 0.6) is 0 Å². The molecule has 0 saturated carbocycles. The lowest BCUT2D eigenvalue weighted by molar-refractivity contribution is 0.696. The van der Waals surface area contributed by atoms with E-state index in [2.05, 4.69) is 30.3 Å². The van der Waals surface area contributed by atoms with Gasteiger partial charge in [-0.15, -0.1) is 0 Å². The minimum Gasteiger partial charge on any atom is -0.0613 e. The molecule has 14 heavy (non-hydrogen) atoms. The third-order valence-electron chi connectivity index (χ3n) is 2.94. The van der Waals surface area contributed by atoms with E-state index in [1.165, 1.54) is 35.8 Å². The Hall–Kier alpha value is -0.950. The smallest absolute Gasteiger partial charge is 0.0613 e. The standard InChI is InChI=1S/C13H13S/c1-3-7-12-10(5-1)9-11-6-2-4-8-13(11)14-12/h1,3,5,7,9H,2,4,6,8H2/q+1. The maximum Gasteiger partial charge on any atom is 0.238 e. The highest BCUT2D eigenvalue weighted by Gasteiger charge is 2.19. The van der Waals surface area contributed by atoms with Gasteiger partial charge in [-0.3, -0.25) is 0 Å². The van der Waals surface area contributed by atoms with Gasteiger partial charge in [-0.25, -0.2) is 0 Å². The fourth-order valence-corrected chi connectivity index (χ4v) is 3.38. The molecule has 1 aromatic carbocycles. The van der Waals surface area contributed by atoms with Crippen LogP contribution in [0.15, 0.2) is 30.3 Å². The van der Waals surface area contributed by atoms with E-state index in [9.17, 15) is 0 Å². The van der Waals surface area contributed by atoms with Crippen molar-refractivity contribution < 1.29 is 0 Å².